The van der Waals surface area contributed by atoms with Gasteiger partial charge in [0.25, 0.3) is 0 Å². The molecule has 10 heavy (non-hydrogen) atoms. The van der Waals surface area contributed by atoms with Crippen molar-refractivity contribution in [2.75, 3.05) is 0 Å². The molecule has 1 N–H and O–H groups in total. The van der Waals surface area contributed by atoms with Gasteiger partial charge < -0.3 is 5.11 Å². The number of Topliss-reactive ketones (excluding diaryl/α,β-unsaturated/α-hetero) is 2. The van der Waals surface area contributed by atoms with E-state index < -0.39 is 17.5 Å². The van der Waals surface area contributed by atoms with Gasteiger partial charge in [0.2, 0.25) is 5.78 Å². The predicted octanol–water partition coefficient (Wildman–Crippen LogP) is 0.00930. The van der Waals surface area contributed by atoms with Crippen molar-refractivity contribution in [1.82, 2.24) is 0 Å². The van der Waals surface area contributed by atoms with E-state index in [1.165, 1.54) is 0 Å². The zero-order valence-electron chi connectivity index (χ0n) is 5.59. The summed E-state index contributed by atoms with van der Waals surface area (Å²) in [5.74, 6) is -3.81. The monoisotopic (exact) mass is 144 g/mol. The molecule has 0 heterocycles. The molecule has 0 atom stereocenters. The van der Waals surface area contributed by atoms with E-state index in [9.17, 15) is 14.4 Å². The molecule has 0 aromatic heterocycles. The van der Waals surface area contributed by atoms with Crippen LogP contribution >= 0.6 is 0 Å². The lowest BCUT2D eigenvalue weighted by molar-refractivity contribution is -0.152. The van der Waals surface area contributed by atoms with Crippen LogP contribution in [0, 0.1) is 0 Å². The highest BCUT2D eigenvalue weighted by Gasteiger charge is 2.19. The van der Waals surface area contributed by atoms with Crippen LogP contribution in [0.2, 0.25) is 0 Å². The van der Waals surface area contributed by atoms with Gasteiger partial charge in [0.05, 0.1) is 0 Å². The van der Waals surface area contributed by atoms with Gasteiger partial charge in [-0.1, -0.05) is 6.92 Å². The Morgan fingerprint density at radius 2 is 1.80 bits per heavy atom. The van der Waals surface area contributed by atoms with Crippen LogP contribution in [-0.2, 0) is 14.4 Å². The Kier molecular flexibility index (Phi) is 3.32. The Morgan fingerprint density at radius 1 is 1.30 bits per heavy atom. The largest absolute Gasteiger partial charge is 0.475 e. The zero-order valence-corrected chi connectivity index (χ0v) is 5.59. The maximum Gasteiger partial charge on any atom is 0.380 e. The van der Waals surface area contributed by atoms with Crippen LogP contribution in [0.4, 0.5) is 0 Å². The average molecular weight is 144 g/mol. The minimum absolute atomic E-state index is 0.0190. The van der Waals surface area contributed by atoms with Gasteiger partial charge in [0.1, 0.15) is 0 Å². The van der Waals surface area contributed by atoms with Gasteiger partial charge in [-0.2, -0.15) is 0 Å². The minimum Gasteiger partial charge on any atom is -0.475 e. The highest BCUT2D eigenvalue weighted by molar-refractivity contribution is 6.61. The van der Waals surface area contributed by atoms with Crippen molar-refractivity contribution in [3.63, 3.8) is 0 Å². The molecule has 0 aromatic rings. The predicted molar refractivity (Wildman–Crippen MR) is 32.6 cm³/mol. The first-order valence-electron chi connectivity index (χ1n) is 2.90. The lowest BCUT2D eigenvalue weighted by Gasteiger charge is -1.89. The maximum absolute atomic E-state index is 10.5. The Morgan fingerprint density at radius 3 is 2.10 bits per heavy atom. The lowest BCUT2D eigenvalue weighted by Crippen LogP contribution is -2.22. The van der Waals surface area contributed by atoms with E-state index in [4.69, 9.17) is 5.11 Å². The highest BCUT2D eigenvalue weighted by atomic mass is 16.4. The Bertz CT molecular complexity index is 171. The Balaban J connectivity index is 3.96. The van der Waals surface area contributed by atoms with Crippen molar-refractivity contribution in [3.05, 3.63) is 0 Å². The summed E-state index contributed by atoms with van der Waals surface area (Å²) in [6, 6.07) is 0. The van der Waals surface area contributed by atoms with Crippen molar-refractivity contribution in [2.24, 2.45) is 0 Å². The number of rotatable bonds is 4. The molecule has 0 rings (SSSR count). The summed E-state index contributed by atoms with van der Waals surface area (Å²) < 4.78 is 0. The summed E-state index contributed by atoms with van der Waals surface area (Å²) in [5.41, 5.74) is 0. The van der Waals surface area contributed by atoms with Crippen LogP contribution in [0.25, 0.3) is 0 Å². The third-order valence-corrected chi connectivity index (χ3v) is 0.925. The molecule has 0 aromatic carbocycles. The molecule has 0 aliphatic carbocycles. The van der Waals surface area contributed by atoms with Gasteiger partial charge >= 0.3 is 11.8 Å². The van der Waals surface area contributed by atoms with E-state index in [0.29, 0.717) is 6.42 Å². The Hall–Kier alpha value is -1.19. The van der Waals surface area contributed by atoms with Crippen LogP contribution in [-0.4, -0.2) is 22.6 Å². The van der Waals surface area contributed by atoms with E-state index in [2.05, 4.69) is 0 Å². The number of hydrogen-bond acceptors (Lipinski definition) is 3. The van der Waals surface area contributed by atoms with Crippen molar-refractivity contribution < 1.29 is 19.5 Å². The molecule has 0 amide bonds. The number of carbonyl (C=O) groups is 3. The summed E-state index contributed by atoms with van der Waals surface area (Å²) >= 11 is 0. The standard InChI is InChI=1S/C6H8O4/c1-2-3-4(7)5(8)6(9)10/h2-3H2,1H3,(H,9,10). The van der Waals surface area contributed by atoms with E-state index in [0.717, 1.165) is 0 Å². The van der Waals surface area contributed by atoms with Gasteiger partial charge in [-0.05, 0) is 6.42 Å². The molecule has 4 heteroatoms. The summed E-state index contributed by atoms with van der Waals surface area (Å²) in [6.45, 7) is 1.70. The number of carbonyl (C=O) groups excluding carboxylic acids is 2. The van der Waals surface area contributed by atoms with Crippen LogP contribution in [0.15, 0.2) is 0 Å². The van der Waals surface area contributed by atoms with Crippen molar-refractivity contribution in [1.29, 1.82) is 0 Å². The lowest BCUT2D eigenvalue weighted by atomic mass is 10.2. The van der Waals surface area contributed by atoms with Gasteiger partial charge in [-0.3, -0.25) is 9.59 Å². The normalized spacial score (nSPS) is 8.90. The Labute approximate surface area is 57.8 Å². The minimum atomic E-state index is -1.67. The third kappa shape index (κ3) is 2.39. The first-order valence-corrected chi connectivity index (χ1v) is 2.90. The van der Waals surface area contributed by atoms with Crippen molar-refractivity contribution in [3.8, 4) is 0 Å². The average Bonchev–Trinajstić information content (AvgIpc) is 1.87. The number of hydrogen-bond donors (Lipinski definition) is 1. The number of carboxylic acids is 1. The fraction of sp³-hybridized carbons (Fsp3) is 0.500. The van der Waals surface area contributed by atoms with Crippen LogP contribution < -0.4 is 0 Å². The van der Waals surface area contributed by atoms with Crippen molar-refractivity contribution in [2.45, 2.75) is 19.8 Å². The van der Waals surface area contributed by atoms with Gasteiger partial charge in [-0.25, -0.2) is 4.79 Å². The quantitative estimate of drug-likeness (QED) is 0.445. The third-order valence-electron chi connectivity index (χ3n) is 0.925. The molecule has 0 aliphatic rings. The molecular formula is C6H8O4. The highest BCUT2D eigenvalue weighted by Crippen LogP contribution is 1.90. The first kappa shape index (κ1) is 8.81. The number of ketones is 2. The van der Waals surface area contributed by atoms with Gasteiger partial charge in [0, 0.05) is 6.42 Å². The molecule has 0 radical (unpaired) electrons. The summed E-state index contributed by atoms with van der Waals surface area (Å²) in [7, 11) is 0. The summed E-state index contributed by atoms with van der Waals surface area (Å²) in [5, 5.41) is 8.01. The van der Waals surface area contributed by atoms with Crippen molar-refractivity contribution >= 4 is 17.5 Å². The molecule has 0 bridgehead atoms. The molecular weight excluding hydrogens is 136 g/mol. The van der Waals surface area contributed by atoms with E-state index in [1.807, 2.05) is 0 Å². The van der Waals surface area contributed by atoms with E-state index in [-0.39, 0.29) is 6.42 Å². The van der Waals surface area contributed by atoms with Gasteiger partial charge in [0.15, 0.2) is 0 Å². The maximum atomic E-state index is 10.5. The molecule has 0 saturated carbocycles. The zero-order chi connectivity index (χ0) is 8.15. The topological polar surface area (TPSA) is 71.4 Å². The second-order valence-electron chi connectivity index (χ2n) is 1.81. The summed E-state index contributed by atoms with van der Waals surface area (Å²) in [6.07, 6.45) is 0.517. The molecule has 56 valence electrons. The fourth-order valence-corrected chi connectivity index (χ4v) is 0.460. The van der Waals surface area contributed by atoms with Gasteiger partial charge in [-0.15, -0.1) is 0 Å². The first-order chi connectivity index (χ1) is 4.59. The molecule has 0 spiro atoms. The SMILES string of the molecule is CCCC(=O)C(=O)C(=O)O. The fourth-order valence-electron chi connectivity index (χ4n) is 0.460. The molecule has 0 unspecified atom stereocenters. The number of carboxylic acid groups (broad SMARTS) is 1. The molecule has 0 aliphatic heterocycles. The summed E-state index contributed by atoms with van der Waals surface area (Å²) in [4.78, 5) is 30.6. The van der Waals surface area contributed by atoms with Crippen LogP contribution in [0.5, 0.6) is 0 Å². The van der Waals surface area contributed by atoms with E-state index in [1.54, 1.807) is 6.92 Å². The second kappa shape index (κ2) is 3.76. The van der Waals surface area contributed by atoms with E-state index >= 15 is 0 Å². The molecule has 0 saturated heterocycles. The van der Waals surface area contributed by atoms with Crippen LogP contribution in [0.1, 0.15) is 19.8 Å². The molecule has 4 nitrogen and oxygen atoms in total. The molecule has 0 fully saturated rings. The second-order valence-corrected chi connectivity index (χ2v) is 1.81. The smallest absolute Gasteiger partial charge is 0.380 e. The van der Waals surface area contributed by atoms with Crippen LogP contribution in [0.3, 0.4) is 0 Å². The number of aliphatic carboxylic acids is 1.